The van der Waals surface area contributed by atoms with Gasteiger partial charge < -0.3 is 15.4 Å². The van der Waals surface area contributed by atoms with Gasteiger partial charge in [-0.2, -0.15) is 5.10 Å². The summed E-state index contributed by atoms with van der Waals surface area (Å²) in [5.41, 5.74) is 0. The van der Waals surface area contributed by atoms with E-state index in [2.05, 4.69) is 29.6 Å². The van der Waals surface area contributed by atoms with Crippen molar-refractivity contribution in [1.29, 1.82) is 0 Å². The van der Waals surface area contributed by atoms with Crippen molar-refractivity contribution >= 4 is 11.7 Å². The number of carbonyl (C=O) groups excluding carboxylic acids is 1. The Labute approximate surface area is 108 Å². The number of anilines is 1. The molecule has 1 atom stereocenters. The first-order chi connectivity index (χ1) is 8.52. The molecule has 18 heavy (non-hydrogen) atoms. The molecule has 0 aliphatic carbocycles. The molecule has 0 aliphatic rings. The van der Waals surface area contributed by atoms with Crippen molar-refractivity contribution in [2.45, 2.75) is 32.9 Å². The maximum atomic E-state index is 11.6. The zero-order chi connectivity index (χ0) is 13.5. The second-order valence-electron chi connectivity index (χ2n) is 4.55. The van der Waals surface area contributed by atoms with Crippen LogP contribution in [0.4, 0.5) is 5.82 Å². The van der Waals surface area contributed by atoms with Gasteiger partial charge in [-0.1, -0.05) is 0 Å². The third-order valence-electron chi connectivity index (χ3n) is 2.39. The number of amides is 1. The predicted octanol–water partition coefficient (Wildman–Crippen LogP) is 1.03. The molecule has 0 saturated carbocycles. The van der Waals surface area contributed by atoms with Crippen molar-refractivity contribution in [1.82, 2.24) is 15.1 Å². The van der Waals surface area contributed by atoms with Gasteiger partial charge in [0.05, 0.1) is 13.2 Å². The van der Waals surface area contributed by atoms with Gasteiger partial charge in [-0.15, -0.1) is 0 Å². The third-order valence-corrected chi connectivity index (χ3v) is 2.39. The average Bonchev–Trinajstić information content (AvgIpc) is 2.75. The van der Waals surface area contributed by atoms with Crippen LogP contribution < -0.4 is 10.6 Å². The van der Waals surface area contributed by atoms with E-state index in [1.54, 1.807) is 7.11 Å². The molecule has 0 radical (unpaired) electrons. The maximum Gasteiger partial charge on any atom is 0.239 e. The summed E-state index contributed by atoms with van der Waals surface area (Å²) >= 11 is 0. The average molecular weight is 254 g/mol. The largest absolute Gasteiger partial charge is 0.383 e. The van der Waals surface area contributed by atoms with Crippen LogP contribution in [0.2, 0.25) is 0 Å². The molecular formula is C12H22N4O2. The Morgan fingerprint density at radius 3 is 2.78 bits per heavy atom. The number of carbonyl (C=O) groups is 1. The number of aromatic nitrogens is 2. The maximum absolute atomic E-state index is 11.6. The van der Waals surface area contributed by atoms with Crippen LogP contribution in [0.5, 0.6) is 0 Å². The van der Waals surface area contributed by atoms with E-state index in [4.69, 9.17) is 4.74 Å². The smallest absolute Gasteiger partial charge is 0.239 e. The molecule has 6 nitrogen and oxygen atoms in total. The minimum Gasteiger partial charge on any atom is -0.383 e. The number of nitrogens with one attached hydrogen (secondary N) is 2. The molecule has 6 heteroatoms. The fraction of sp³-hybridized carbons (Fsp3) is 0.667. The van der Waals surface area contributed by atoms with Crippen LogP contribution >= 0.6 is 0 Å². The van der Waals surface area contributed by atoms with E-state index in [1.165, 1.54) is 0 Å². The van der Waals surface area contributed by atoms with Gasteiger partial charge in [0.25, 0.3) is 0 Å². The number of nitrogens with zero attached hydrogens (tertiary/aromatic N) is 2. The lowest BCUT2D eigenvalue weighted by Crippen LogP contribution is -2.39. The van der Waals surface area contributed by atoms with E-state index >= 15 is 0 Å². The van der Waals surface area contributed by atoms with Crippen molar-refractivity contribution < 1.29 is 9.53 Å². The van der Waals surface area contributed by atoms with E-state index in [9.17, 15) is 4.79 Å². The Morgan fingerprint density at radius 1 is 1.50 bits per heavy atom. The zero-order valence-electron chi connectivity index (χ0n) is 11.4. The molecule has 0 fully saturated rings. The highest BCUT2D eigenvalue weighted by molar-refractivity contribution is 5.80. The van der Waals surface area contributed by atoms with Gasteiger partial charge in [-0.05, 0) is 20.8 Å². The van der Waals surface area contributed by atoms with Gasteiger partial charge in [-0.3, -0.25) is 9.48 Å². The minimum atomic E-state index is -0.0707. The number of rotatable bonds is 7. The minimum absolute atomic E-state index is 0.0116. The molecule has 1 rings (SSSR count). The lowest BCUT2D eigenvalue weighted by atomic mass is 10.3. The quantitative estimate of drug-likeness (QED) is 0.762. The number of hydrogen-bond acceptors (Lipinski definition) is 4. The lowest BCUT2D eigenvalue weighted by Gasteiger charge is -2.12. The van der Waals surface area contributed by atoms with Gasteiger partial charge in [0.1, 0.15) is 5.82 Å². The highest BCUT2D eigenvalue weighted by Crippen LogP contribution is 2.07. The Balaban J connectivity index is 2.33. The standard InChI is InChI=1S/C12H22N4O2/c1-9(2)16-6-5-11(15-16)13-7-12(17)14-10(3)8-18-4/h5-6,9-10H,7-8H2,1-4H3,(H,13,15)(H,14,17). The second kappa shape index (κ2) is 7.00. The van der Waals surface area contributed by atoms with Gasteiger partial charge in [-0.25, -0.2) is 0 Å². The second-order valence-corrected chi connectivity index (χ2v) is 4.55. The summed E-state index contributed by atoms with van der Waals surface area (Å²) in [6.45, 7) is 6.72. The van der Waals surface area contributed by atoms with Gasteiger partial charge in [0.15, 0.2) is 0 Å². The molecule has 1 aromatic rings. The van der Waals surface area contributed by atoms with Crippen molar-refractivity contribution in [3.05, 3.63) is 12.3 Å². The topological polar surface area (TPSA) is 68.2 Å². The van der Waals surface area contributed by atoms with E-state index in [0.29, 0.717) is 18.5 Å². The van der Waals surface area contributed by atoms with Crippen LogP contribution in [-0.4, -0.2) is 42.0 Å². The first kappa shape index (κ1) is 14.5. The Morgan fingerprint density at radius 2 is 2.22 bits per heavy atom. The summed E-state index contributed by atoms with van der Waals surface area (Å²) in [6.07, 6.45) is 1.89. The summed E-state index contributed by atoms with van der Waals surface area (Å²) in [5, 5.41) is 10.1. The Bertz CT molecular complexity index is 376. The molecule has 0 aliphatic heterocycles. The van der Waals surface area contributed by atoms with Crippen molar-refractivity contribution in [3.63, 3.8) is 0 Å². The summed E-state index contributed by atoms with van der Waals surface area (Å²) < 4.78 is 6.79. The van der Waals surface area contributed by atoms with Crippen LogP contribution in [-0.2, 0) is 9.53 Å². The zero-order valence-corrected chi connectivity index (χ0v) is 11.4. The highest BCUT2D eigenvalue weighted by Gasteiger charge is 2.07. The first-order valence-corrected chi connectivity index (χ1v) is 6.10. The molecule has 0 aromatic carbocycles. The van der Waals surface area contributed by atoms with Gasteiger partial charge in [0.2, 0.25) is 5.91 Å². The summed E-state index contributed by atoms with van der Waals surface area (Å²) in [5.74, 6) is 0.636. The van der Waals surface area contributed by atoms with Crippen molar-refractivity contribution in [2.75, 3.05) is 25.6 Å². The molecule has 0 bridgehead atoms. The normalized spacial score (nSPS) is 12.5. The van der Waals surface area contributed by atoms with Crippen LogP contribution in [0.3, 0.4) is 0 Å². The number of methoxy groups -OCH3 is 1. The van der Waals surface area contributed by atoms with Crippen molar-refractivity contribution in [3.8, 4) is 0 Å². The van der Waals surface area contributed by atoms with E-state index in [0.717, 1.165) is 0 Å². The molecule has 1 unspecified atom stereocenters. The summed E-state index contributed by atoms with van der Waals surface area (Å²) in [6, 6.07) is 2.18. The molecule has 0 saturated heterocycles. The molecule has 2 N–H and O–H groups in total. The predicted molar refractivity (Wildman–Crippen MR) is 70.6 cm³/mol. The summed E-state index contributed by atoms with van der Waals surface area (Å²) in [7, 11) is 1.61. The highest BCUT2D eigenvalue weighted by atomic mass is 16.5. The van der Waals surface area contributed by atoms with E-state index < -0.39 is 0 Å². The number of hydrogen-bond donors (Lipinski definition) is 2. The molecule has 0 spiro atoms. The fourth-order valence-corrected chi connectivity index (χ4v) is 1.51. The summed E-state index contributed by atoms with van der Waals surface area (Å²) in [4.78, 5) is 11.6. The van der Waals surface area contributed by atoms with Crippen LogP contribution in [0.25, 0.3) is 0 Å². The van der Waals surface area contributed by atoms with Gasteiger partial charge in [0, 0.05) is 31.5 Å². The van der Waals surface area contributed by atoms with Crippen LogP contribution in [0.15, 0.2) is 12.3 Å². The Hall–Kier alpha value is -1.56. The molecule has 1 heterocycles. The Kier molecular flexibility index (Phi) is 5.64. The van der Waals surface area contributed by atoms with E-state index in [-0.39, 0.29) is 18.5 Å². The third kappa shape index (κ3) is 4.75. The van der Waals surface area contributed by atoms with Gasteiger partial charge >= 0.3 is 0 Å². The number of ether oxygens (including phenoxy) is 1. The molecule has 102 valence electrons. The first-order valence-electron chi connectivity index (χ1n) is 6.10. The van der Waals surface area contributed by atoms with E-state index in [1.807, 2.05) is 23.9 Å². The van der Waals surface area contributed by atoms with Crippen LogP contribution in [0, 0.1) is 0 Å². The van der Waals surface area contributed by atoms with Crippen molar-refractivity contribution in [2.24, 2.45) is 0 Å². The lowest BCUT2D eigenvalue weighted by molar-refractivity contribution is -0.120. The molecule has 1 amide bonds. The van der Waals surface area contributed by atoms with Crippen LogP contribution in [0.1, 0.15) is 26.8 Å². The fourth-order valence-electron chi connectivity index (χ4n) is 1.51. The SMILES string of the molecule is COCC(C)NC(=O)CNc1ccn(C(C)C)n1. The monoisotopic (exact) mass is 254 g/mol. The molecular weight excluding hydrogens is 232 g/mol. The molecule has 1 aromatic heterocycles.